The number of benzene rings is 2. The molecule has 0 bridgehead atoms. The summed E-state index contributed by atoms with van der Waals surface area (Å²) in [5.41, 5.74) is 3.51. The molecule has 0 aliphatic carbocycles. The Labute approximate surface area is 164 Å². The van der Waals surface area contributed by atoms with Crippen molar-refractivity contribution in [3.8, 4) is 16.9 Å². The molecule has 142 valence electrons. The van der Waals surface area contributed by atoms with Crippen molar-refractivity contribution in [3.05, 3.63) is 66.5 Å². The first kappa shape index (κ1) is 18.0. The van der Waals surface area contributed by atoms with Crippen LogP contribution in [0.5, 0.6) is 5.75 Å². The summed E-state index contributed by atoms with van der Waals surface area (Å²) in [6, 6.07) is 15.2. The third-order valence-corrected chi connectivity index (χ3v) is 4.86. The standard InChI is InChI=1S/C22H22N4O2/c1-28-20-10-6-16(7-11-20)18-14-23-22(24-15-18)25-19-8-4-17(5-9-19)21(27)26-12-2-3-13-26/h4-11,14-15H,2-3,12-13H2,1H3,(H,23,24,25). The molecule has 0 radical (unpaired) electrons. The molecule has 2 aromatic carbocycles. The fraction of sp³-hybridized carbons (Fsp3) is 0.227. The van der Waals surface area contributed by atoms with Crippen LogP contribution in [-0.4, -0.2) is 41.0 Å². The van der Waals surface area contributed by atoms with Gasteiger partial charge in [0, 0.05) is 42.3 Å². The normalized spacial score (nSPS) is 13.4. The van der Waals surface area contributed by atoms with Gasteiger partial charge in [-0.05, 0) is 54.8 Å². The SMILES string of the molecule is COc1ccc(-c2cnc(Nc3ccc(C(=O)N4CCCC4)cc3)nc2)cc1. The van der Waals surface area contributed by atoms with Gasteiger partial charge in [0.05, 0.1) is 7.11 Å². The zero-order valence-corrected chi connectivity index (χ0v) is 15.8. The monoisotopic (exact) mass is 374 g/mol. The Morgan fingerprint density at radius 3 is 2.18 bits per heavy atom. The van der Waals surface area contributed by atoms with E-state index in [0.29, 0.717) is 11.5 Å². The van der Waals surface area contributed by atoms with Gasteiger partial charge in [0.1, 0.15) is 5.75 Å². The van der Waals surface area contributed by atoms with Crippen LogP contribution in [0.3, 0.4) is 0 Å². The van der Waals surface area contributed by atoms with Crippen LogP contribution >= 0.6 is 0 Å². The number of rotatable bonds is 5. The number of ether oxygens (including phenoxy) is 1. The number of carbonyl (C=O) groups is 1. The zero-order valence-electron chi connectivity index (χ0n) is 15.8. The van der Waals surface area contributed by atoms with E-state index in [4.69, 9.17) is 4.74 Å². The first-order valence-electron chi connectivity index (χ1n) is 9.36. The molecule has 1 amide bonds. The average molecular weight is 374 g/mol. The van der Waals surface area contributed by atoms with Crippen LogP contribution in [0.25, 0.3) is 11.1 Å². The molecule has 1 aliphatic rings. The Balaban J connectivity index is 1.41. The minimum Gasteiger partial charge on any atom is -0.497 e. The predicted octanol–water partition coefficient (Wildman–Crippen LogP) is 4.13. The summed E-state index contributed by atoms with van der Waals surface area (Å²) in [6.45, 7) is 1.71. The lowest BCUT2D eigenvalue weighted by molar-refractivity contribution is 0.0793. The van der Waals surface area contributed by atoms with Crippen molar-refractivity contribution < 1.29 is 9.53 Å². The van der Waals surface area contributed by atoms with E-state index in [1.54, 1.807) is 19.5 Å². The second-order valence-corrected chi connectivity index (χ2v) is 6.73. The summed E-state index contributed by atoms with van der Waals surface area (Å²) >= 11 is 0. The molecule has 0 atom stereocenters. The highest BCUT2D eigenvalue weighted by Gasteiger charge is 2.19. The lowest BCUT2D eigenvalue weighted by Gasteiger charge is -2.15. The number of anilines is 2. The summed E-state index contributed by atoms with van der Waals surface area (Å²) in [7, 11) is 1.65. The largest absolute Gasteiger partial charge is 0.497 e. The van der Waals surface area contributed by atoms with Gasteiger partial charge in [0.25, 0.3) is 5.91 Å². The van der Waals surface area contributed by atoms with Gasteiger partial charge < -0.3 is 15.0 Å². The van der Waals surface area contributed by atoms with Crippen molar-refractivity contribution in [2.24, 2.45) is 0 Å². The van der Waals surface area contributed by atoms with E-state index in [1.807, 2.05) is 53.4 Å². The Bertz CT molecular complexity index is 932. The second kappa shape index (κ2) is 8.08. The van der Waals surface area contributed by atoms with Crippen molar-refractivity contribution in [3.63, 3.8) is 0 Å². The minimum atomic E-state index is 0.101. The van der Waals surface area contributed by atoms with E-state index in [-0.39, 0.29) is 5.91 Å². The molecule has 3 aromatic rings. The molecule has 0 spiro atoms. The fourth-order valence-electron chi connectivity index (χ4n) is 3.25. The fourth-order valence-corrected chi connectivity index (χ4v) is 3.25. The van der Waals surface area contributed by atoms with E-state index in [2.05, 4.69) is 15.3 Å². The summed E-state index contributed by atoms with van der Waals surface area (Å²) in [5, 5.41) is 3.17. The van der Waals surface area contributed by atoms with E-state index >= 15 is 0 Å². The summed E-state index contributed by atoms with van der Waals surface area (Å²) in [4.78, 5) is 23.1. The van der Waals surface area contributed by atoms with Gasteiger partial charge >= 0.3 is 0 Å². The second-order valence-electron chi connectivity index (χ2n) is 6.73. The van der Waals surface area contributed by atoms with Crippen LogP contribution < -0.4 is 10.1 Å². The van der Waals surface area contributed by atoms with Crippen LogP contribution in [-0.2, 0) is 0 Å². The molecule has 1 aliphatic heterocycles. The quantitative estimate of drug-likeness (QED) is 0.727. The molecular weight excluding hydrogens is 352 g/mol. The van der Waals surface area contributed by atoms with E-state index in [1.165, 1.54) is 0 Å². The Morgan fingerprint density at radius 1 is 0.929 bits per heavy atom. The van der Waals surface area contributed by atoms with E-state index in [0.717, 1.165) is 48.5 Å². The number of methoxy groups -OCH3 is 1. The maximum atomic E-state index is 12.4. The topological polar surface area (TPSA) is 67.3 Å². The van der Waals surface area contributed by atoms with Crippen molar-refractivity contribution in [2.75, 3.05) is 25.5 Å². The number of hydrogen-bond donors (Lipinski definition) is 1. The third-order valence-electron chi connectivity index (χ3n) is 4.86. The molecule has 6 nitrogen and oxygen atoms in total. The molecule has 6 heteroatoms. The van der Waals surface area contributed by atoms with Crippen LogP contribution in [0.2, 0.25) is 0 Å². The zero-order chi connectivity index (χ0) is 19.3. The molecule has 4 rings (SSSR count). The Kier molecular flexibility index (Phi) is 5.19. The van der Waals surface area contributed by atoms with Gasteiger partial charge in [0.15, 0.2) is 0 Å². The maximum absolute atomic E-state index is 12.4. The lowest BCUT2D eigenvalue weighted by Crippen LogP contribution is -2.27. The van der Waals surface area contributed by atoms with Gasteiger partial charge in [-0.1, -0.05) is 12.1 Å². The molecule has 1 saturated heterocycles. The number of amides is 1. The highest BCUT2D eigenvalue weighted by molar-refractivity contribution is 5.94. The molecule has 0 unspecified atom stereocenters. The van der Waals surface area contributed by atoms with Gasteiger partial charge in [0.2, 0.25) is 5.95 Å². The van der Waals surface area contributed by atoms with Gasteiger partial charge in [-0.15, -0.1) is 0 Å². The van der Waals surface area contributed by atoms with Crippen LogP contribution in [0.1, 0.15) is 23.2 Å². The molecular formula is C22H22N4O2. The van der Waals surface area contributed by atoms with Crippen molar-refractivity contribution in [1.29, 1.82) is 0 Å². The third kappa shape index (κ3) is 3.96. The number of hydrogen-bond acceptors (Lipinski definition) is 5. The smallest absolute Gasteiger partial charge is 0.253 e. The Hall–Kier alpha value is -3.41. The van der Waals surface area contributed by atoms with E-state index < -0.39 is 0 Å². The lowest BCUT2D eigenvalue weighted by atomic mass is 10.1. The molecule has 2 heterocycles. The molecule has 0 saturated carbocycles. The Morgan fingerprint density at radius 2 is 1.57 bits per heavy atom. The summed E-state index contributed by atoms with van der Waals surface area (Å²) in [5.74, 6) is 1.43. The van der Waals surface area contributed by atoms with Crippen molar-refractivity contribution >= 4 is 17.5 Å². The molecule has 1 N–H and O–H groups in total. The molecule has 1 fully saturated rings. The highest BCUT2D eigenvalue weighted by Crippen LogP contribution is 2.22. The molecule has 28 heavy (non-hydrogen) atoms. The average Bonchev–Trinajstić information content (AvgIpc) is 3.29. The van der Waals surface area contributed by atoms with Crippen molar-refractivity contribution in [1.82, 2.24) is 14.9 Å². The number of nitrogens with zero attached hydrogens (tertiary/aromatic N) is 3. The van der Waals surface area contributed by atoms with Crippen LogP contribution in [0.4, 0.5) is 11.6 Å². The minimum absolute atomic E-state index is 0.101. The first-order valence-corrected chi connectivity index (χ1v) is 9.36. The first-order chi connectivity index (χ1) is 13.7. The maximum Gasteiger partial charge on any atom is 0.253 e. The molecule has 1 aromatic heterocycles. The van der Waals surface area contributed by atoms with Gasteiger partial charge in [-0.25, -0.2) is 9.97 Å². The van der Waals surface area contributed by atoms with Crippen LogP contribution in [0, 0.1) is 0 Å². The van der Waals surface area contributed by atoms with E-state index in [9.17, 15) is 4.79 Å². The number of likely N-dealkylation sites (tertiary alicyclic amines) is 1. The van der Waals surface area contributed by atoms with Crippen LogP contribution in [0.15, 0.2) is 60.9 Å². The van der Waals surface area contributed by atoms with Gasteiger partial charge in [-0.2, -0.15) is 0 Å². The van der Waals surface area contributed by atoms with Gasteiger partial charge in [-0.3, -0.25) is 4.79 Å². The summed E-state index contributed by atoms with van der Waals surface area (Å²) in [6.07, 6.45) is 5.75. The number of aromatic nitrogens is 2. The number of carbonyl (C=O) groups excluding carboxylic acids is 1. The highest BCUT2D eigenvalue weighted by atomic mass is 16.5. The summed E-state index contributed by atoms with van der Waals surface area (Å²) < 4.78 is 5.18. The predicted molar refractivity (Wildman–Crippen MR) is 109 cm³/mol. The van der Waals surface area contributed by atoms with Crippen molar-refractivity contribution in [2.45, 2.75) is 12.8 Å². The number of nitrogens with one attached hydrogen (secondary N) is 1.